The smallest absolute Gasteiger partial charge is 0.439 e. The number of carbonyl (C=O) groups excluding carboxylic acids is 1. The lowest BCUT2D eigenvalue weighted by Crippen LogP contribution is -2.21. The number of alkyl halides is 3. The summed E-state index contributed by atoms with van der Waals surface area (Å²) < 4.78 is 42.9. The van der Waals surface area contributed by atoms with Crippen LogP contribution in [0.4, 0.5) is 18.9 Å². The molecule has 3 nitrogen and oxygen atoms in total. The molecule has 0 aliphatic heterocycles. The van der Waals surface area contributed by atoms with E-state index >= 15 is 0 Å². The van der Waals surface area contributed by atoms with Crippen molar-refractivity contribution in [3.63, 3.8) is 0 Å². The maximum Gasteiger partial charge on any atom is 0.439 e. The zero-order valence-electron chi connectivity index (χ0n) is 11.2. The second-order valence-corrected chi connectivity index (χ2v) is 5.09. The Morgan fingerprint density at radius 1 is 1.25 bits per heavy atom. The van der Waals surface area contributed by atoms with Gasteiger partial charge < -0.3 is 4.74 Å². The van der Waals surface area contributed by atoms with E-state index in [4.69, 9.17) is 0 Å². The van der Waals surface area contributed by atoms with Gasteiger partial charge in [0.15, 0.2) is 5.04 Å². The standard InChI is InChI=1S/C13H14F3NO2S/c1-8-4-9(2)6-10(5-8)17-12(13(14,15)16)20-7-11(18)19-3/h4-6H,7H2,1-3H3. The topological polar surface area (TPSA) is 38.7 Å². The highest BCUT2D eigenvalue weighted by Gasteiger charge is 2.36. The third-order valence-electron chi connectivity index (χ3n) is 2.23. The Balaban J connectivity index is 3.03. The third-order valence-corrected chi connectivity index (χ3v) is 3.21. The fourth-order valence-electron chi connectivity index (χ4n) is 1.50. The number of nitrogens with zero attached hydrogens (tertiary/aromatic N) is 1. The first kappa shape index (κ1) is 16.6. The molecule has 0 aliphatic carbocycles. The quantitative estimate of drug-likeness (QED) is 0.484. The van der Waals surface area contributed by atoms with E-state index in [1.165, 1.54) is 0 Å². The molecule has 0 aliphatic rings. The van der Waals surface area contributed by atoms with Gasteiger partial charge in [0.2, 0.25) is 0 Å². The van der Waals surface area contributed by atoms with Crippen LogP contribution in [-0.2, 0) is 9.53 Å². The van der Waals surface area contributed by atoms with E-state index in [1.807, 2.05) is 6.07 Å². The van der Waals surface area contributed by atoms with Crippen LogP contribution < -0.4 is 0 Å². The number of rotatable bonds is 3. The number of benzene rings is 1. The summed E-state index contributed by atoms with van der Waals surface area (Å²) in [5.41, 5.74) is 1.86. The molecular formula is C13H14F3NO2S. The van der Waals surface area contributed by atoms with Crippen molar-refractivity contribution in [3.8, 4) is 0 Å². The number of thioether (sulfide) groups is 1. The lowest BCUT2D eigenvalue weighted by atomic mass is 10.1. The summed E-state index contributed by atoms with van der Waals surface area (Å²) in [5.74, 6) is -1.16. The van der Waals surface area contributed by atoms with Crippen LogP contribution in [0.25, 0.3) is 0 Å². The van der Waals surface area contributed by atoms with Crippen LogP contribution in [0.1, 0.15) is 11.1 Å². The molecule has 0 N–H and O–H groups in total. The Kier molecular flexibility index (Phi) is 5.62. The van der Waals surface area contributed by atoms with E-state index in [1.54, 1.807) is 26.0 Å². The van der Waals surface area contributed by atoms with Gasteiger partial charge in [-0.15, -0.1) is 0 Å². The van der Waals surface area contributed by atoms with Crippen LogP contribution in [0.5, 0.6) is 0 Å². The van der Waals surface area contributed by atoms with Gasteiger partial charge in [-0.1, -0.05) is 17.8 Å². The van der Waals surface area contributed by atoms with Crippen molar-refractivity contribution in [2.24, 2.45) is 4.99 Å². The monoisotopic (exact) mass is 305 g/mol. The molecular weight excluding hydrogens is 291 g/mol. The Morgan fingerprint density at radius 2 is 1.80 bits per heavy atom. The van der Waals surface area contributed by atoms with E-state index in [-0.39, 0.29) is 5.69 Å². The summed E-state index contributed by atoms with van der Waals surface area (Å²) in [6, 6.07) is 4.95. The van der Waals surface area contributed by atoms with Gasteiger partial charge in [0.05, 0.1) is 18.6 Å². The third kappa shape index (κ3) is 5.24. The number of hydrogen-bond acceptors (Lipinski definition) is 4. The maximum atomic E-state index is 12.9. The number of methoxy groups -OCH3 is 1. The molecule has 1 rings (SSSR count). The first-order chi connectivity index (χ1) is 9.22. The number of aryl methyl sites for hydroxylation is 2. The van der Waals surface area contributed by atoms with Gasteiger partial charge in [-0.2, -0.15) is 13.2 Å². The predicted octanol–water partition coefficient (Wildman–Crippen LogP) is 3.80. The van der Waals surface area contributed by atoms with Crippen molar-refractivity contribution in [2.45, 2.75) is 20.0 Å². The average Bonchev–Trinajstić information content (AvgIpc) is 2.31. The van der Waals surface area contributed by atoms with Crippen molar-refractivity contribution < 1.29 is 22.7 Å². The van der Waals surface area contributed by atoms with Gasteiger partial charge in [-0.25, -0.2) is 4.99 Å². The molecule has 0 bridgehead atoms. The largest absolute Gasteiger partial charge is 0.468 e. The Bertz CT molecular complexity index is 507. The fraction of sp³-hybridized carbons (Fsp3) is 0.385. The zero-order valence-corrected chi connectivity index (χ0v) is 12.1. The summed E-state index contributed by atoms with van der Waals surface area (Å²) in [7, 11) is 1.12. The molecule has 0 atom stereocenters. The van der Waals surface area contributed by atoms with Gasteiger partial charge >= 0.3 is 12.1 Å². The molecule has 7 heteroatoms. The van der Waals surface area contributed by atoms with E-state index < -0.39 is 22.9 Å². The molecule has 20 heavy (non-hydrogen) atoms. The second kappa shape index (κ2) is 6.78. The number of ether oxygens (including phenoxy) is 1. The minimum atomic E-state index is -4.60. The van der Waals surface area contributed by atoms with E-state index in [0.29, 0.717) is 11.8 Å². The highest BCUT2D eigenvalue weighted by atomic mass is 32.2. The molecule has 0 heterocycles. The summed E-state index contributed by atoms with van der Waals surface area (Å²) in [6.07, 6.45) is -4.60. The lowest BCUT2D eigenvalue weighted by Gasteiger charge is -2.10. The van der Waals surface area contributed by atoms with Gasteiger partial charge in [0.1, 0.15) is 0 Å². The predicted molar refractivity (Wildman–Crippen MR) is 73.5 cm³/mol. The van der Waals surface area contributed by atoms with Crippen LogP contribution in [0.3, 0.4) is 0 Å². The normalized spacial score (nSPS) is 12.4. The Hall–Kier alpha value is -1.50. The minimum Gasteiger partial charge on any atom is -0.468 e. The van der Waals surface area contributed by atoms with Gasteiger partial charge in [0.25, 0.3) is 0 Å². The average molecular weight is 305 g/mol. The summed E-state index contributed by atoms with van der Waals surface area (Å²) >= 11 is 0.318. The van der Waals surface area contributed by atoms with Crippen LogP contribution in [-0.4, -0.2) is 30.1 Å². The molecule has 0 saturated heterocycles. The molecule has 1 aromatic carbocycles. The van der Waals surface area contributed by atoms with Gasteiger partial charge in [-0.05, 0) is 37.1 Å². The highest BCUT2D eigenvalue weighted by molar-refractivity contribution is 8.14. The van der Waals surface area contributed by atoms with Crippen molar-refractivity contribution in [2.75, 3.05) is 12.9 Å². The van der Waals surface area contributed by atoms with Crippen molar-refractivity contribution >= 4 is 28.5 Å². The lowest BCUT2D eigenvalue weighted by molar-refractivity contribution is -0.137. The van der Waals surface area contributed by atoms with E-state index in [2.05, 4.69) is 9.73 Å². The number of esters is 1. The fourth-order valence-corrected chi connectivity index (χ4v) is 2.20. The first-order valence-corrected chi connectivity index (χ1v) is 6.64. The van der Waals surface area contributed by atoms with Gasteiger partial charge in [-0.3, -0.25) is 4.79 Å². The summed E-state index contributed by atoms with van der Waals surface area (Å²) in [6.45, 7) is 3.56. The van der Waals surface area contributed by atoms with Crippen molar-refractivity contribution in [3.05, 3.63) is 29.3 Å². The molecule has 0 spiro atoms. The van der Waals surface area contributed by atoms with Crippen LogP contribution >= 0.6 is 11.8 Å². The van der Waals surface area contributed by atoms with Crippen LogP contribution in [0, 0.1) is 13.8 Å². The summed E-state index contributed by atoms with van der Waals surface area (Å²) in [5, 5.41) is -1.06. The zero-order chi connectivity index (χ0) is 15.3. The molecule has 0 radical (unpaired) electrons. The minimum absolute atomic E-state index is 0.215. The SMILES string of the molecule is COC(=O)CSC(=Nc1cc(C)cc(C)c1)C(F)(F)F. The first-order valence-electron chi connectivity index (χ1n) is 5.66. The van der Waals surface area contributed by atoms with Gasteiger partial charge in [0, 0.05) is 0 Å². The molecule has 110 valence electrons. The van der Waals surface area contributed by atoms with Crippen LogP contribution in [0.2, 0.25) is 0 Å². The number of halogens is 3. The van der Waals surface area contributed by atoms with Crippen molar-refractivity contribution in [1.29, 1.82) is 0 Å². The maximum absolute atomic E-state index is 12.9. The highest BCUT2D eigenvalue weighted by Crippen LogP contribution is 2.29. The summed E-state index contributed by atoms with van der Waals surface area (Å²) in [4.78, 5) is 14.5. The Labute approximate surface area is 119 Å². The van der Waals surface area contributed by atoms with Crippen LogP contribution in [0.15, 0.2) is 23.2 Å². The number of aliphatic imine (C=N–C) groups is 1. The molecule has 0 fully saturated rings. The van der Waals surface area contributed by atoms with E-state index in [9.17, 15) is 18.0 Å². The number of carbonyl (C=O) groups is 1. The molecule has 0 amide bonds. The number of hydrogen-bond donors (Lipinski definition) is 0. The Morgan fingerprint density at radius 3 is 2.25 bits per heavy atom. The van der Waals surface area contributed by atoms with E-state index in [0.717, 1.165) is 18.2 Å². The molecule has 1 aromatic rings. The second-order valence-electron chi connectivity index (χ2n) is 4.13. The molecule has 0 saturated carbocycles. The molecule has 0 unspecified atom stereocenters. The van der Waals surface area contributed by atoms with Crippen molar-refractivity contribution in [1.82, 2.24) is 0 Å². The molecule has 0 aromatic heterocycles.